The van der Waals surface area contributed by atoms with E-state index in [1.165, 1.54) is 7.05 Å². The number of hydrogen-bond acceptors (Lipinski definition) is 4. The van der Waals surface area contributed by atoms with Crippen LogP contribution in [0.25, 0.3) is 10.8 Å². The maximum Gasteiger partial charge on any atom is 0.281 e. The van der Waals surface area contributed by atoms with Gasteiger partial charge in [0.1, 0.15) is 5.75 Å². The van der Waals surface area contributed by atoms with Crippen molar-refractivity contribution < 1.29 is 19.1 Å². The molecule has 0 saturated heterocycles. The summed E-state index contributed by atoms with van der Waals surface area (Å²) in [6.07, 6.45) is 0. The molecule has 4 rings (SSSR count). The second-order valence-electron chi connectivity index (χ2n) is 6.39. The highest BCUT2D eigenvalue weighted by atomic mass is 16.5. The number of nitrogens with zero attached hydrogens (tertiary/aromatic N) is 2. The highest BCUT2D eigenvalue weighted by Crippen LogP contribution is 2.37. The van der Waals surface area contributed by atoms with Crippen LogP contribution in [0.2, 0.25) is 0 Å². The summed E-state index contributed by atoms with van der Waals surface area (Å²) in [6, 6.07) is 17.4. The van der Waals surface area contributed by atoms with Gasteiger partial charge >= 0.3 is 0 Å². The summed E-state index contributed by atoms with van der Waals surface area (Å²) >= 11 is 0. The molecule has 0 aromatic heterocycles. The number of fused-ring (bicyclic) bond motifs is 3. The van der Waals surface area contributed by atoms with E-state index in [4.69, 9.17) is 4.74 Å². The molecule has 1 aliphatic rings. The predicted molar refractivity (Wildman–Crippen MR) is 104 cm³/mol. The molecule has 6 heteroatoms. The Morgan fingerprint density at radius 2 is 1.61 bits per heavy atom. The molecule has 1 heterocycles. The topological polar surface area (TPSA) is 66.9 Å². The van der Waals surface area contributed by atoms with Crippen LogP contribution in [-0.4, -0.2) is 41.4 Å². The molecule has 28 heavy (non-hydrogen) atoms. The van der Waals surface area contributed by atoms with Crippen molar-refractivity contribution in [3.8, 4) is 5.75 Å². The van der Waals surface area contributed by atoms with Crippen LogP contribution in [0.1, 0.15) is 38.0 Å². The Balaban J connectivity index is 1.81. The Hall–Kier alpha value is -3.67. The van der Waals surface area contributed by atoms with Crippen molar-refractivity contribution in [3.05, 3.63) is 77.4 Å². The van der Waals surface area contributed by atoms with Crippen molar-refractivity contribution in [3.63, 3.8) is 0 Å². The lowest BCUT2D eigenvalue weighted by Gasteiger charge is -2.25. The maximum absolute atomic E-state index is 13.1. The Labute approximate surface area is 161 Å². The first kappa shape index (κ1) is 17.7. The number of imide groups is 1. The van der Waals surface area contributed by atoms with Gasteiger partial charge in [-0.1, -0.05) is 42.5 Å². The first-order chi connectivity index (χ1) is 13.5. The molecule has 1 aliphatic heterocycles. The van der Waals surface area contributed by atoms with Gasteiger partial charge in [0.15, 0.2) is 0 Å². The monoisotopic (exact) mass is 374 g/mol. The Morgan fingerprint density at radius 3 is 2.29 bits per heavy atom. The Morgan fingerprint density at radius 1 is 0.964 bits per heavy atom. The summed E-state index contributed by atoms with van der Waals surface area (Å²) in [7, 11) is 1.42. The third-order valence-electron chi connectivity index (χ3n) is 4.75. The van der Waals surface area contributed by atoms with E-state index in [0.29, 0.717) is 23.3 Å². The maximum atomic E-state index is 13.1. The van der Waals surface area contributed by atoms with E-state index in [0.717, 1.165) is 15.4 Å². The SMILES string of the molecule is CCOc1cc2c(c3ccccc13)C(=O)N(N(C)C(=O)c1ccccc1)C2=O. The normalized spacial score (nSPS) is 13.0. The van der Waals surface area contributed by atoms with Gasteiger partial charge in [-0.2, -0.15) is 5.01 Å². The minimum Gasteiger partial charge on any atom is -0.493 e. The lowest BCUT2D eigenvalue weighted by atomic mass is 9.99. The van der Waals surface area contributed by atoms with E-state index in [1.54, 1.807) is 48.5 Å². The molecule has 0 saturated carbocycles. The second kappa shape index (κ2) is 6.81. The fraction of sp³-hybridized carbons (Fsp3) is 0.136. The van der Waals surface area contributed by atoms with Gasteiger partial charge in [-0.15, -0.1) is 0 Å². The van der Waals surface area contributed by atoms with Gasteiger partial charge in [0.25, 0.3) is 17.7 Å². The molecule has 3 amide bonds. The Kier molecular flexibility index (Phi) is 4.31. The number of hydrazine groups is 1. The second-order valence-corrected chi connectivity index (χ2v) is 6.39. The van der Waals surface area contributed by atoms with Crippen LogP contribution in [0.4, 0.5) is 0 Å². The smallest absolute Gasteiger partial charge is 0.281 e. The van der Waals surface area contributed by atoms with Gasteiger partial charge in [-0.25, -0.2) is 5.01 Å². The van der Waals surface area contributed by atoms with Gasteiger partial charge in [0.05, 0.1) is 17.7 Å². The van der Waals surface area contributed by atoms with Crippen molar-refractivity contribution in [2.24, 2.45) is 0 Å². The van der Waals surface area contributed by atoms with Gasteiger partial charge in [-0.3, -0.25) is 14.4 Å². The molecule has 0 aliphatic carbocycles. The zero-order valence-corrected chi connectivity index (χ0v) is 15.5. The molecular formula is C22H18N2O4. The van der Waals surface area contributed by atoms with Crippen LogP contribution in [0.3, 0.4) is 0 Å². The van der Waals surface area contributed by atoms with Gasteiger partial charge in [-0.05, 0) is 30.5 Å². The quantitative estimate of drug-likeness (QED) is 0.656. The summed E-state index contributed by atoms with van der Waals surface area (Å²) in [6.45, 7) is 2.29. The van der Waals surface area contributed by atoms with Gasteiger partial charge in [0.2, 0.25) is 0 Å². The standard InChI is InChI=1S/C22H18N2O4/c1-3-28-18-13-17-19(16-12-8-7-11-15(16)18)22(27)24(21(17)26)23(2)20(25)14-9-5-4-6-10-14/h4-13H,3H2,1-2H3. The molecular weight excluding hydrogens is 356 g/mol. The minimum atomic E-state index is -0.543. The largest absolute Gasteiger partial charge is 0.493 e. The van der Waals surface area contributed by atoms with Crippen LogP contribution < -0.4 is 4.74 Å². The molecule has 140 valence electrons. The van der Waals surface area contributed by atoms with Crippen molar-refractivity contribution in [2.75, 3.05) is 13.7 Å². The summed E-state index contributed by atoms with van der Waals surface area (Å²) in [5.74, 6) is -0.967. The number of amides is 3. The highest BCUT2D eigenvalue weighted by Gasteiger charge is 2.42. The van der Waals surface area contributed by atoms with Gasteiger partial charge in [0, 0.05) is 18.0 Å². The fourth-order valence-corrected chi connectivity index (χ4v) is 3.46. The fourth-order valence-electron chi connectivity index (χ4n) is 3.46. The number of carbonyl (C=O) groups is 3. The van der Waals surface area contributed by atoms with Crippen LogP contribution in [0.15, 0.2) is 60.7 Å². The number of carbonyl (C=O) groups excluding carboxylic acids is 3. The zero-order chi connectivity index (χ0) is 19.8. The summed E-state index contributed by atoms with van der Waals surface area (Å²) < 4.78 is 5.68. The highest BCUT2D eigenvalue weighted by molar-refractivity contribution is 6.27. The van der Waals surface area contributed by atoms with E-state index < -0.39 is 17.7 Å². The summed E-state index contributed by atoms with van der Waals surface area (Å²) in [4.78, 5) is 38.9. The minimum absolute atomic E-state index is 0.236. The zero-order valence-electron chi connectivity index (χ0n) is 15.5. The molecule has 3 aromatic carbocycles. The molecule has 0 radical (unpaired) electrons. The number of rotatable bonds is 4. The number of ether oxygens (including phenoxy) is 1. The van der Waals surface area contributed by atoms with E-state index in [2.05, 4.69) is 0 Å². The van der Waals surface area contributed by atoms with Crippen molar-refractivity contribution in [1.82, 2.24) is 10.0 Å². The third kappa shape index (κ3) is 2.62. The lowest BCUT2D eigenvalue weighted by Crippen LogP contribution is -2.47. The third-order valence-corrected chi connectivity index (χ3v) is 4.75. The molecule has 6 nitrogen and oxygen atoms in total. The van der Waals surface area contributed by atoms with Gasteiger partial charge < -0.3 is 4.74 Å². The average Bonchev–Trinajstić information content (AvgIpc) is 2.98. The van der Waals surface area contributed by atoms with Crippen LogP contribution in [0, 0.1) is 0 Å². The Bertz CT molecular complexity index is 1110. The summed E-state index contributed by atoms with van der Waals surface area (Å²) in [5, 5.41) is 3.34. The first-order valence-electron chi connectivity index (χ1n) is 8.95. The van der Waals surface area contributed by atoms with E-state index >= 15 is 0 Å². The van der Waals surface area contributed by atoms with Crippen molar-refractivity contribution in [1.29, 1.82) is 0 Å². The molecule has 0 N–H and O–H groups in total. The molecule has 3 aromatic rings. The van der Waals surface area contributed by atoms with Crippen molar-refractivity contribution >= 4 is 28.5 Å². The van der Waals surface area contributed by atoms with E-state index in [1.807, 2.05) is 19.1 Å². The molecule has 0 spiro atoms. The number of benzene rings is 3. The van der Waals surface area contributed by atoms with E-state index in [9.17, 15) is 14.4 Å². The lowest BCUT2D eigenvalue weighted by molar-refractivity contribution is 0.0128. The first-order valence-corrected chi connectivity index (χ1v) is 8.95. The summed E-state index contributed by atoms with van der Waals surface area (Å²) in [5.41, 5.74) is 0.915. The van der Waals surface area contributed by atoms with Crippen molar-refractivity contribution in [2.45, 2.75) is 6.92 Å². The van der Waals surface area contributed by atoms with Crippen LogP contribution >= 0.6 is 0 Å². The molecule has 0 fully saturated rings. The average molecular weight is 374 g/mol. The van der Waals surface area contributed by atoms with E-state index in [-0.39, 0.29) is 11.1 Å². The predicted octanol–water partition coefficient (Wildman–Crippen LogP) is 3.52. The van der Waals surface area contributed by atoms with Crippen LogP contribution in [-0.2, 0) is 0 Å². The molecule has 0 unspecified atom stereocenters. The molecule has 0 atom stereocenters. The number of hydrogen-bond donors (Lipinski definition) is 0. The van der Waals surface area contributed by atoms with Crippen LogP contribution in [0.5, 0.6) is 5.75 Å². The molecule has 0 bridgehead atoms.